The first-order valence-electron chi connectivity index (χ1n) is 7.75. The van der Waals surface area contributed by atoms with E-state index in [0.29, 0.717) is 6.04 Å². The van der Waals surface area contributed by atoms with Gasteiger partial charge >= 0.3 is 0 Å². The van der Waals surface area contributed by atoms with Gasteiger partial charge in [0.2, 0.25) is 0 Å². The predicted octanol–water partition coefficient (Wildman–Crippen LogP) is 2.30. The predicted molar refractivity (Wildman–Crippen MR) is 80.4 cm³/mol. The molecule has 1 saturated carbocycles. The molecule has 3 rings (SSSR count). The zero-order valence-corrected chi connectivity index (χ0v) is 12.0. The standard InChI is InChI=1S/C17H23N3/c18-14-17(15-6-2-1-3-7-15)12-16(13-17)19-8-11-20-9-4-5-10-20/h1-3,6-7,16,19H,4-5,8-13H2. The quantitative estimate of drug-likeness (QED) is 0.891. The summed E-state index contributed by atoms with van der Waals surface area (Å²) in [7, 11) is 0. The van der Waals surface area contributed by atoms with Gasteiger partial charge in [-0.3, -0.25) is 0 Å². The molecule has 0 bridgehead atoms. The number of hydrogen-bond donors (Lipinski definition) is 1. The van der Waals surface area contributed by atoms with E-state index in [9.17, 15) is 5.26 Å². The van der Waals surface area contributed by atoms with Gasteiger partial charge in [-0.25, -0.2) is 0 Å². The fourth-order valence-corrected chi connectivity index (χ4v) is 3.51. The molecule has 0 aromatic heterocycles. The zero-order valence-electron chi connectivity index (χ0n) is 12.0. The fourth-order valence-electron chi connectivity index (χ4n) is 3.51. The third kappa shape index (κ3) is 2.72. The van der Waals surface area contributed by atoms with Crippen molar-refractivity contribution in [3.63, 3.8) is 0 Å². The van der Waals surface area contributed by atoms with Gasteiger partial charge in [0, 0.05) is 19.1 Å². The topological polar surface area (TPSA) is 39.1 Å². The second-order valence-electron chi connectivity index (χ2n) is 6.17. The molecule has 1 saturated heterocycles. The number of benzene rings is 1. The summed E-state index contributed by atoms with van der Waals surface area (Å²) < 4.78 is 0. The average Bonchev–Trinajstić information content (AvgIpc) is 2.96. The van der Waals surface area contributed by atoms with Crippen LogP contribution in [-0.4, -0.2) is 37.1 Å². The second-order valence-corrected chi connectivity index (χ2v) is 6.17. The molecular weight excluding hydrogens is 246 g/mol. The van der Waals surface area contributed by atoms with Crippen LogP contribution in [0.2, 0.25) is 0 Å². The number of rotatable bonds is 5. The van der Waals surface area contributed by atoms with Crippen molar-refractivity contribution in [1.82, 2.24) is 10.2 Å². The summed E-state index contributed by atoms with van der Waals surface area (Å²) in [5, 5.41) is 13.1. The molecular formula is C17H23N3. The van der Waals surface area contributed by atoms with Gasteiger partial charge in [-0.1, -0.05) is 30.3 Å². The Bertz CT molecular complexity index is 465. The Kier molecular flexibility index (Phi) is 4.05. The molecule has 0 radical (unpaired) electrons. The van der Waals surface area contributed by atoms with Crippen LogP contribution in [-0.2, 0) is 5.41 Å². The number of nitriles is 1. The summed E-state index contributed by atoms with van der Waals surface area (Å²) in [6.45, 7) is 4.74. The lowest BCUT2D eigenvalue weighted by atomic mass is 9.62. The van der Waals surface area contributed by atoms with E-state index >= 15 is 0 Å². The SMILES string of the molecule is N#CC1(c2ccccc2)CC(NCCN2CCCC2)C1. The molecule has 1 aromatic carbocycles. The van der Waals surface area contributed by atoms with Gasteiger partial charge in [-0.15, -0.1) is 0 Å². The van der Waals surface area contributed by atoms with Crippen LogP contribution in [0.25, 0.3) is 0 Å². The molecule has 1 aliphatic carbocycles. The van der Waals surface area contributed by atoms with Gasteiger partial charge in [0.1, 0.15) is 0 Å². The van der Waals surface area contributed by atoms with Crippen molar-refractivity contribution < 1.29 is 0 Å². The zero-order chi connectivity index (χ0) is 13.8. The van der Waals surface area contributed by atoms with E-state index in [1.54, 1.807) is 0 Å². The first-order chi connectivity index (χ1) is 9.82. The Morgan fingerprint density at radius 2 is 1.90 bits per heavy atom. The lowest BCUT2D eigenvalue weighted by Gasteiger charge is -2.43. The minimum absolute atomic E-state index is 0.243. The highest BCUT2D eigenvalue weighted by atomic mass is 15.2. The Morgan fingerprint density at radius 3 is 2.55 bits per heavy atom. The molecule has 0 unspecified atom stereocenters. The Morgan fingerprint density at radius 1 is 1.20 bits per heavy atom. The minimum Gasteiger partial charge on any atom is -0.313 e. The van der Waals surface area contributed by atoms with Crippen molar-refractivity contribution in [2.75, 3.05) is 26.2 Å². The average molecular weight is 269 g/mol. The highest BCUT2D eigenvalue weighted by molar-refractivity contribution is 5.36. The Labute approximate surface area is 121 Å². The molecule has 106 valence electrons. The summed E-state index contributed by atoms with van der Waals surface area (Å²) in [6, 6.07) is 13.3. The smallest absolute Gasteiger partial charge is 0.0852 e. The molecule has 1 aromatic rings. The van der Waals surface area contributed by atoms with Crippen LogP contribution in [0.4, 0.5) is 0 Å². The molecule has 0 spiro atoms. The van der Waals surface area contributed by atoms with Gasteiger partial charge in [0.15, 0.2) is 0 Å². The third-order valence-corrected chi connectivity index (χ3v) is 4.79. The van der Waals surface area contributed by atoms with Crippen LogP contribution in [0.5, 0.6) is 0 Å². The first-order valence-corrected chi connectivity index (χ1v) is 7.75. The van der Waals surface area contributed by atoms with Crippen LogP contribution in [0.15, 0.2) is 30.3 Å². The van der Waals surface area contributed by atoms with E-state index in [1.165, 1.54) is 31.5 Å². The summed E-state index contributed by atoms with van der Waals surface area (Å²) in [6.07, 6.45) is 4.62. The largest absolute Gasteiger partial charge is 0.313 e. The van der Waals surface area contributed by atoms with Crippen LogP contribution in [0, 0.1) is 11.3 Å². The van der Waals surface area contributed by atoms with Crippen molar-refractivity contribution in [3.8, 4) is 6.07 Å². The van der Waals surface area contributed by atoms with Crippen molar-refractivity contribution in [2.45, 2.75) is 37.1 Å². The molecule has 1 aliphatic heterocycles. The van der Waals surface area contributed by atoms with Crippen LogP contribution in [0.3, 0.4) is 0 Å². The van der Waals surface area contributed by atoms with Gasteiger partial charge in [0.05, 0.1) is 11.5 Å². The first kappa shape index (κ1) is 13.6. The summed E-state index contributed by atoms with van der Waals surface area (Å²) in [5.74, 6) is 0. The Hall–Kier alpha value is -1.37. The van der Waals surface area contributed by atoms with E-state index < -0.39 is 0 Å². The maximum atomic E-state index is 9.52. The molecule has 3 nitrogen and oxygen atoms in total. The maximum Gasteiger partial charge on any atom is 0.0852 e. The summed E-state index contributed by atoms with van der Waals surface area (Å²) in [5.41, 5.74) is 0.937. The van der Waals surface area contributed by atoms with E-state index in [2.05, 4.69) is 28.4 Å². The molecule has 0 amide bonds. The molecule has 2 aliphatic rings. The van der Waals surface area contributed by atoms with E-state index in [-0.39, 0.29) is 5.41 Å². The highest BCUT2D eigenvalue weighted by Gasteiger charge is 2.45. The van der Waals surface area contributed by atoms with Gasteiger partial charge in [-0.2, -0.15) is 5.26 Å². The molecule has 1 N–H and O–H groups in total. The van der Waals surface area contributed by atoms with Crippen LogP contribution < -0.4 is 5.32 Å². The minimum atomic E-state index is -0.243. The summed E-state index contributed by atoms with van der Waals surface area (Å²) >= 11 is 0. The molecule has 1 heterocycles. The van der Waals surface area contributed by atoms with Gasteiger partial charge in [-0.05, 0) is 44.3 Å². The van der Waals surface area contributed by atoms with Crippen LogP contribution >= 0.6 is 0 Å². The van der Waals surface area contributed by atoms with Crippen molar-refractivity contribution in [2.24, 2.45) is 0 Å². The number of nitrogens with zero attached hydrogens (tertiary/aromatic N) is 2. The monoisotopic (exact) mass is 269 g/mol. The van der Waals surface area contributed by atoms with E-state index in [1.807, 2.05) is 18.2 Å². The molecule has 2 fully saturated rings. The molecule has 0 atom stereocenters. The number of hydrogen-bond acceptors (Lipinski definition) is 3. The van der Waals surface area contributed by atoms with Crippen LogP contribution in [0.1, 0.15) is 31.2 Å². The summed E-state index contributed by atoms with van der Waals surface area (Å²) in [4.78, 5) is 2.53. The third-order valence-electron chi connectivity index (χ3n) is 4.79. The maximum absolute atomic E-state index is 9.52. The highest BCUT2D eigenvalue weighted by Crippen LogP contribution is 2.43. The lowest BCUT2D eigenvalue weighted by Crippen LogP contribution is -2.52. The van der Waals surface area contributed by atoms with Gasteiger partial charge in [0.25, 0.3) is 0 Å². The van der Waals surface area contributed by atoms with Crippen molar-refractivity contribution in [3.05, 3.63) is 35.9 Å². The second kappa shape index (κ2) is 5.95. The molecule has 3 heteroatoms. The van der Waals surface area contributed by atoms with E-state index in [4.69, 9.17) is 0 Å². The normalized spacial score (nSPS) is 29.9. The van der Waals surface area contributed by atoms with Crippen molar-refractivity contribution in [1.29, 1.82) is 5.26 Å². The van der Waals surface area contributed by atoms with E-state index in [0.717, 1.165) is 25.9 Å². The fraction of sp³-hybridized carbons (Fsp3) is 0.588. The number of nitrogens with one attached hydrogen (secondary N) is 1. The van der Waals surface area contributed by atoms with Crippen molar-refractivity contribution >= 4 is 0 Å². The lowest BCUT2D eigenvalue weighted by molar-refractivity contribution is 0.217. The van der Waals surface area contributed by atoms with Gasteiger partial charge < -0.3 is 10.2 Å². The molecule has 20 heavy (non-hydrogen) atoms. The number of likely N-dealkylation sites (tertiary alicyclic amines) is 1. The Balaban J connectivity index is 1.46.